The Hall–Kier alpha value is -2.74. The van der Waals surface area contributed by atoms with Gasteiger partial charge in [0.15, 0.2) is 0 Å². The van der Waals surface area contributed by atoms with Crippen molar-refractivity contribution in [3.8, 4) is 5.75 Å². The third-order valence-electron chi connectivity index (χ3n) is 5.14. The number of nitrogens with one attached hydrogen (secondary N) is 1. The number of carboxylic acid groups (broad SMARTS) is 1. The molecule has 0 aliphatic carbocycles. The van der Waals surface area contributed by atoms with Crippen molar-refractivity contribution in [1.29, 1.82) is 0 Å². The maximum Gasteiger partial charge on any atom is 0.411 e. The van der Waals surface area contributed by atoms with Gasteiger partial charge in [-0.2, -0.15) is 0 Å². The number of hydrogen-bond donors (Lipinski definition) is 2. The predicted molar refractivity (Wildman–Crippen MR) is 121 cm³/mol. The molecule has 2 amide bonds. The number of carbonyl (C=O) groups is 2. The molecule has 2 N–H and O–H groups in total. The molecule has 2 atom stereocenters. The Morgan fingerprint density at radius 3 is 2.52 bits per heavy atom. The third kappa shape index (κ3) is 5.91. The standard InChI is InChI=1S/C23H27BrN2O5/c1-23(2,3)20-19(11-12-26(20)22(28)29)31-18-10-9-16(13-17(18)24)25-21(27)30-14-15-7-5-4-6-8-15/h4-10,13,19-20H,11-12,14H2,1-3H3,(H,25,27)(H,28,29). The second-order valence-corrected chi connectivity index (χ2v) is 9.42. The lowest BCUT2D eigenvalue weighted by atomic mass is 9.84. The number of carbonyl (C=O) groups excluding carboxylic acids is 1. The van der Waals surface area contributed by atoms with Crippen molar-refractivity contribution in [3.63, 3.8) is 0 Å². The Kier molecular flexibility index (Phi) is 7.10. The Balaban J connectivity index is 1.62. The van der Waals surface area contributed by atoms with Crippen LogP contribution in [-0.2, 0) is 11.3 Å². The van der Waals surface area contributed by atoms with Crippen molar-refractivity contribution in [2.75, 3.05) is 11.9 Å². The maximum absolute atomic E-state index is 12.1. The van der Waals surface area contributed by atoms with Gasteiger partial charge in [-0.05, 0) is 45.1 Å². The van der Waals surface area contributed by atoms with E-state index in [2.05, 4.69) is 21.2 Å². The molecule has 1 aliphatic heterocycles. The monoisotopic (exact) mass is 490 g/mol. The number of rotatable bonds is 5. The normalized spacial score (nSPS) is 18.5. The van der Waals surface area contributed by atoms with Gasteiger partial charge in [-0.25, -0.2) is 9.59 Å². The van der Waals surface area contributed by atoms with Crippen LogP contribution in [0.1, 0.15) is 32.8 Å². The van der Waals surface area contributed by atoms with Crippen LogP contribution in [0.5, 0.6) is 5.75 Å². The van der Waals surface area contributed by atoms with Gasteiger partial charge >= 0.3 is 12.2 Å². The van der Waals surface area contributed by atoms with Crippen LogP contribution in [0, 0.1) is 5.41 Å². The summed E-state index contributed by atoms with van der Waals surface area (Å²) in [5, 5.41) is 12.2. The van der Waals surface area contributed by atoms with Gasteiger partial charge in [0, 0.05) is 18.7 Å². The molecule has 1 aliphatic rings. The first-order chi connectivity index (χ1) is 14.6. The highest BCUT2D eigenvalue weighted by atomic mass is 79.9. The summed E-state index contributed by atoms with van der Waals surface area (Å²) in [4.78, 5) is 25.2. The average Bonchev–Trinajstić information content (AvgIpc) is 3.14. The molecule has 31 heavy (non-hydrogen) atoms. The van der Waals surface area contributed by atoms with E-state index in [9.17, 15) is 14.7 Å². The van der Waals surface area contributed by atoms with Gasteiger partial charge in [-0.3, -0.25) is 5.32 Å². The van der Waals surface area contributed by atoms with E-state index < -0.39 is 12.2 Å². The van der Waals surface area contributed by atoms with Gasteiger partial charge in [0.1, 0.15) is 18.5 Å². The van der Waals surface area contributed by atoms with Crippen molar-refractivity contribution < 1.29 is 24.2 Å². The van der Waals surface area contributed by atoms with Crippen LogP contribution in [0.4, 0.5) is 15.3 Å². The lowest BCUT2D eigenvalue weighted by Gasteiger charge is -2.36. The fourth-order valence-corrected chi connectivity index (χ4v) is 4.31. The van der Waals surface area contributed by atoms with Crippen LogP contribution >= 0.6 is 15.9 Å². The first-order valence-electron chi connectivity index (χ1n) is 10.1. The molecule has 0 radical (unpaired) electrons. The van der Waals surface area contributed by atoms with E-state index >= 15 is 0 Å². The first kappa shape index (κ1) is 22.9. The molecular formula is C23H27BrN2O5. The van der Waals surface area contributed by atoms with Crippen molar-refractivity contribution >= 4 is 33.8 Å². The smallest absolute Gasteiger partial charge is 0.411 e. The summed E-state index contributed by atoms with van der Waals surface area (Å²) in [6, 6.07) is 14.4. The summed E-state index contributed by atoms with van der Waals surface area (Å²) < 4.78 is 12.1. The first-order valence-corrected chi connectivity index (χ1v) is 10.9. The van der Waals surface area contributed by atoms with Crippen LogP contribution in [0.3, 0.4) is 0 Å². The van der Waals surface area contributed by atoms with E-state index in [-0.39, 0.29) is 24.2 Å². The van der Waals surface area contributed by atoms with Gasteiger partial charge in [-0.1, -0.05) is 51.1 Å². The van der Waals surface area contributed by atoms with Crippen LogP contribution in [0.2, 0.25) is 0 Å². The predicted octanol–water partition coefficient (Wildman–Crippen LogP) is 5.74. The molecule has 0 bridgehead atoms. The quantitative estimate of drug-likeness (QED) is 0.557. The van der Waals surface area contributed by atoms with Crippen LogP contribution in [-0.4, -0.2) is 40.9 Å². The molecule has 1 fully saturated rings. The minimum absolute atomic E-state index is 0.186. The summed E-state index contributed by atoms with van der Waals surface area (Å²) in [5.41, 5.74) is 1.20. The van der Waals surface area contributed by atoms with E-state index in [0.29, 0.717) is 28.9 Å². The topological polar surface area (TPSA) is 88.1 Å². The molecule has 0 aromatic heterocycles. The zero-order chi connectivity index (χ0) is 22.6. The number of halogens is 1. The van der Waals surface area contributed by atoms with Gasteiger partial charge in [0.25, 0.3) is 0 Å². The van der Waals surface area contributed by atoms with Gasteiger partial charge in [0.2, 0.25) is 0 Å². The Morgan fingerprint density at radius 2 is 1.90 bits per heavy atom. The summed E-state index contributed by atoms with van der Waals surface area (Å²) in [6.07, 6.45) is -1.13. The van der Waals surface area contributed by atoms with E-state index in [0.717, 1.165) is 5.56 Å². The van der Waals surface area contributed by atoms with Gasteiger partial charge in [-0.15, -0.1) is 0 Å². The van der Waals surface area contributed by atoms with Crippen molar-refractivity contribution in [1.82, 2.24) is 4.90 Å². The van der Waals surface area contributed by atoms with Crippen LogP contribution in [0.15, 0.2) is 53.0 Å². The highest BCUT2D eigenvalue weighted by molar-refractivity contribution is 9.10. The van der Waals surface area contributed by atoms with E-state index in [1.807, 2.05) is 51.1 Å². The largest absolute Gasteiger partial charge is 0.487 e. The SMILES string of the molecule is CC(C)(C)C1C(Oc2ccc(NC(=O)OCc3ccccc3)cc2Br)CCN1C(=O)O. The molecule has 1 saturated heterocycles. The summed E-state index contributed by atoms with van der Waals surface area (Å²) in [7, 11) is 0. The highest BCUT2D eigenvalue weighted by Gasteiger charge is 2.45. The molecule has 2 aromatic carbocycles. The fraction of sp³-hybridized carbons (Fsp3) is 0.391. The van der Waals surface area contributed by atoms with Gasteiger partial charge < -0.3 is 19.5 Å². The number of hydrogen-bond acceptors (Lipinski definition) is 4. The molecule has 7 nitrogen and oxygen atoms in total. The molecule has 2 unspecified atom stereocenters. The third-order valence-corrected chi connectivity index (χ3v) is 5.76. The Labute approximate surface area is 190 Å². The van der Waals surface area contributed by atoms with E-state index in [1.165, 1.54) is 4.90 Å². The second-order valence-electron chi connectivity index (χ2n) is 8.56. The number of benzene rings is 2. The van der Waals surface area contributed by atoms with E-state index in [1.54, 1.807) is 18.2 Å². The minimum Gasteiger partial charge on any atom is -0.487 e. The number of anilines is 1. The molecule has 8 heteroatoms. The lowest BCUT2D eigenvalue weighted by Crippen LogP contribution is -2.48. The zero-order valence-electron chi connectivity index (χ0n) is 17.8. The number of amides is 2. The molecule has 0 spiro atoms. The van der Waals surface area contributed by atoms with Gasteiger partial charge in [0.05, 0.1) is 10.5 Å². The summed E-state index contributed by atoms with van der Waals surface area (Å²) in [6.45, 7) is 6.66. The fourth-order valence-electron chi connectivity index (χ4n) is 3.84. The van der Waals surface area contributed by atoms with Crippen molar-refractivity contribution in [2.24, 2.45) is 5.41 Å². The lowest BCUT2D eigenvalue weighted by molar-refractivity contribution is 0.0569. The molecule has 2 aromatic rings. The second kappa shape index (κ2) is 9.60. The Morgan fingerprint density at radius 1 is 1.19 bits per heavy atom. The molecule has 166 valence electrons. The Bertz CT molecular complexity index is 929. The van der Waals surface area contributed by atoms with Crippen molar-refractivity contribution in [3.05, 3.63) is 58.6 Å². The number of ether oxygens (including phenoxy) is 2. The number of nitrogens with zero attached hydrogens (tertiary/aromatic N) is 1. The average molecular weight is 491 g/mol. The molecule has 1 heterocycles. The summed E-state index contributed by atoms with van der Waals surface area (Å²) >= 11 is 3.49. The molecule has 0 saturated carbocycles. The zero-order valence-corrected chi connectivity index (χ0v) is 19.4. The highest BCUT2D eigenvalue weighted by Crippen LogP contribution is 2.37. The van der Waals surface area contributed by atoms with Crippen LogP contribution < -0.4 is 10.1 Å². The minimum atomic E-state index is -0.932. The van der Waals surface area contributed by atoms with Crippen LogP contribution in [0.25, 0.3) is 0 Å². The summed E-state index contributed by atoms with van der Waals surface area (Å²) in [5.74, 6) is 0.592. The molecular weight excluding hydrogens is 464 g/mol. The number of likely N-dealkylation sites (tertiary alicyclic amines) is 1. The van der Waals surface area contributed by atoms with Crippen molar-refractivity contribution in [2.45, 2.75) is 45.9 Å². The maximum atomic E-state index is 12.1. The molecule has 3 rings (SSSR count). The van der Waals surface area contributed by atoms with E-state index in [4.69, 9.17) is 9.47 Å².